The molecule has 0 saturated carbocycles. The van der Waals surface area contributed by atoms with Crippen LogP contribution < -0.4 is 5.43 Å². The van der Waals surface area contributed by atoms with Gasteiger partial charge in [-0.05, 0) is 25.7 Å². The molecule has 0 aromatic carbocycles. The summed E-state index contributed by atoms with van der Waals surface area (Å²) in [5.41, 5.74) is -0.0654. The van der Waals surface area contributed by atoms with E-state index in [0.29, 0.717) is 13.1 Å². The summed E-state index contributed by atoms with van der Waals surface area (Å²) >= 11 is 0. The first kappa shape index (κ1) is 12.8. The van der Waals surface area contributed by atoms with Crippen LogP contribution in [-0.2, 0) is 0 Å². The van der Waals surface area contributed by atoms with Gasteiger partial charge in [-0.3, -0.25) is 9.59 Å². The predicted octanol–water partition coefficient (Wildman–Crippen LogP) is 0.608. The molecule has 0 spiro atoms. The number of aromatic amines is 1. The van der Waals surface area contributed by atoms with Gasteiger partial charge in [-0.2, -0.15) is 0 Å². The van der Waals surface area contributed by atoms with Crippen molar-refractivity contribution in [2.24, 2.45) is 5.92 Å². The highest BCUT2D eigenvalue weighted by Crippen LogP contribution is 2.21. The molecule has 98 valence electrons. The molecule has 2 rings (SSSR count). The average Bonchev–Trinajstić information content (AvgIpc) is 2.38. The number of likely N-dealkylation sites (tertiary alicyclic amines) is 1. The van der Waals surface area contributed by atoms with Gasteiger partial charge in [-0.15, -0.1) is 0 Å². The topological polar surface area (TPSA) is 73.4 Å². The number of piperidine rings is 1. The molecule has 1 atom stereocenters. The fourth-order valence-corrected chi connectivity index (χ4v) is 2.34. The van der Waals surface area contributed by atoms with Crippen LogP contribution in [0.25, 0.3) is 0 Å². The molecule has 1 aliphatic heterocycles. The van der Waals surface area contributed by atoms with E-state index in [2.05, 4.69) is 4.98 Å². The van der Waals surface area contributed by atoms with Crippen LogP contribution in [-0.4, -0.2) is 40.1 Å². The number of rotatable bonds is 2. The van der Waals surface area contributed by atoms with Crippen molar-refractivity contribution in [2.75, 3.05) is 13.1 Å². The molecule has 2 heterocycles. The van der Waals surface area contributed by atoms with E-state index in [1.165, 1.54) is 18.5 Å². The molecule has 1 saturated heterocycles. The smallest absolute Gasteiger partial charge is 0.259 e. The molecule has 2 N–H and O–H groups in total. The Labute approximate surface area is 105 Å². The molecule has 1 aliphatic rings. The van der Waals surface area contributed by atoms with Crippen molar-refractivity contribution in [1.29, 1.82) is 0 Å². The average molecular weight is 250 g/mol. The van der Waals surface area contributed by atoms with Crippen molar-refractivity contribution in [3.05, 3.63) is 34.2 Å². The van der Waals surface area contributed by atoms with Crippen LogP contribution in [0.3, 0.4) is 0 Å². The number of H-pyrrole nitrogens is 1. The third-order valence-corrected chi connectivity index (χ3v) is 3.56. The number of hydrogen-bond donors (Lipinski definition) is 2. The summed E-state index contributed by atoms with van der Waals surface area (Å²) in [6.07, 6.45) is 4.20. The van der Waals surface area contributed by atoms with Crippen molar-refractivity contribution in [2.45, 2.75) is 25.9 Å². The minimum absolute atomic E-state index is 0.188. The Hall–Kier alpha value is -1.62. The van der Waals surface area contributed by atoms with E-state index in [4.69, 9.17) is 0 Å². The number of aromatic nitrogens is 1. The lowest BCUT2D eigenvalue weighted by molar-refractivity contribution is 0.0520. The largest absolute Gasteiger partial charge is 0.393 e. The third-order valence-electron chi connectivity index (χ3n) is 3.56. The number of amides is 1. The monoisotopic (exact) mass is 250 g/mol. The molecular weight excluding hydrogens is 232 g/mol. The van der Waals surface area contributed by atoms with Gasteiger partial charge >= 0.3 is 0 Å². The molecule has 5 heteroatoms. The number of nitrogens with zero attached hydrogens (tertiary/aromatic N) is 1. The zero-order valence-electron chi connectivity index (χ0n) is 10.4. The van der Waals surface area contributed by atoms with E-state index in [-0.39, 0.29) is 28.9 Å². The Bertz CT molecular complexity index is 473. The fourth-order valence-electron chi connectivity index (χ4n) is 2.34. The van der Waals surface area contributed by atoms with Crippen LogP contribution in [0.4, 0.5) is 0 Å². The first-order valence-electron chi connectivity index (χ1n) is 6.24. The number of aliphatic hydroxyl groups is 1. The van der Waals surface area contributed by atoms with E-state index in [9.17, 15) is 14.7 Å². The van der Waals surface area contributed by atoms with Gasteiger partial charge in [0.05, 0.1) is 6.10 Å². The fraction of sp³-hybridized carbons (Fsp3) is 0.538. The van der Waals surface area contributed by atoms with Gasteiger partial charge in [-0.1, -0.05) is 0 Å². The van der Waals surface area contributed by atoms with Gasteiger partial charge in [0, 0.05) is 31.5 Å². The number of carbonyl (C=O) groups is 1. The van der Waals surface area contributed by atoms with E-state index in [0.717, 1.165) is 12.8 Å². The lowest BCUT2D eigenvalue weighted by Gasteiger charge is -2.33. The Morgan fingerprint density at radius 1 is 1.50 bits per heavy atom. The molecular formula is C13H18N2O3. The standard InChI is InChI=1S/C13H18N2O3/c1-9(16)10-3-6-15(7-4-10)13(18)11-8-14-5-2-12(11)17/h2,5,8-10,16H,3-4,6-7H2,1H3,(H,14,17). The molecule has 18 heavy (non-hydrogen) atoms. The second kappa shape index (κ2) is 5.35. The second-order valence-electron chi connectivity index (χ2n) is 4.79. The van der Waals surface area contributed by atoms with Crippen molar-refractivity contribution >= 4 is 5.91 Å². The molecule has 1 aromatic rings. The maximum atomic E-state index is 12.1. The van der Waals surface area contributed by atoms with Crippen LogP contribution in [0, 0.1) is 5.92 Å². The predicted molar refractivity (Wildman–Crippen MR) is 67.4 cm³/mol. The zero-order chi connectivity index (χ0) is 13.1. The SMILES string of the molecule is CC(O)C1CCN(C(=O)c2c[nH]ccc2=O)CC1. The summed E-state index contributed by atoms with van der Waals surface area (Å²) in [5.74, 6) is 0.0315. The molecule has 0 bridgehead atoms. The minimum atomic E-state index is -0.331. The van der Waals surface area contributed by atoms with Crippen molar-refractivity contribution in [1.82, 2.24) is 9.88 Å². The maximum Gasteiger partial charge on any atom is 0.259 e. The summed E-state index contributed by atoms with van der Waals surface area (Å²) < 4.78 is 0. The molecule has 5 nitrogen and oxygen atoms in total. The van der Waals surface area contributed by atoms with Crippen LogP contribution in [0.5, 0.6) is 0 Å². The number of nitrogens with one attached hydrogen (secondary N) is 1. The summed E-state index contributed by atoms with van der Waals surface area (Å²) in [4.78, 5) is 28.2. The third kappa shape index (κ3) is 2.61. The Kier molecular flexibility index (Phi) is 3.81. The maximum absolute atomic E-state index is 12.1. The molecule has 1 amide bonds. The summed E-state index contributed by atoms with van der Waals surface area (Å²) in [6, 6.07) is 1.36. The highest BCUT2D eigenvalue weighted by Gasteiger charge is 2.26. The molecule has 1 aromatic heterocycles. The van der Waals surface area contributed by atoms with Gasteiger partial charge in [0.15, 0.2) is 5.43 Å². The Morgan fingerprint density at radius 3 is 2.72 bits per heavy atom. The molecule has 0 aliphatic carbocycles. The molecule has 1 fully saturated rings. The highest BCUT2D eigenvalue weighted by molar-refractivity contribution is 5.93. The van der Waals surface area contributed by atoms with Crippen LogP contribution >= 0.6 is 0 Å². The zero-order valence-corrected chi connectivity index (χ0v) is 10.4. The highest BCUT2D eigenvalue weighted by atomic mass is 16.3. The quantitative estimate of drug-likeness (QED) is 0.807. The first-order valence-corrected chi connectivity index (χ1v) is 6.24. The van der Waals surface area contributed by atoms with Crippen LogP contribution in [0.1, 0.15) is 30.1 Å². The minimum Gasteiger partial charge on any atom is -0.393 e. The normalized spacial score (nSPS) is 18.7. The van der Waals surface area contributed by atoms with E-state index >= 15 is 0 Å². The second-order valence-corrected chi connectivity index (χ2v) is 4.79. The van der Waals surface area contributed by atoms with Crippen LogP contribution in [0.2, 0.25) is 0 Å². The van der Waals surface area contributed by atoms with E-state index < -0.39 is 0 Å². The number of pyridine rings is 1. The van der Waals surface area contributed by atoms with Crippen molar-refractivity contribution in [3.63, 3.8) is 0 Å². The number of hydrogen-bond acceptors (Lipinski definition) is 3. The number of aliphatic hydroxyl groups excluding tert-OH is 1. The summed E-state index contributed by atoms with van der Waals surface area (Å²) in [7, 11) is 0. The lowest BCUT2D eigenvalue weighted by atomic mass is 9.92. The van der Waals surface area contributed by atoms with Gasteiger partial charge < -0.3 is 15.0 Å². The van der Waals surface area contributed by atoms with Gasteiger partial charge in [-0.25, -0.2) is 0 Å². The lowest BCUT2D eigenvalue weighted by Crippen LogP contribution is -2.42. The Balaban J connectivity index is 2.04. The van der Waals surface area contributed by atoms with Gasteiger partial charge in [0.2, 0.25) is 0 Å². The molecule has 0 radical (unpaired) electrons. The van der Waals surface area contributed by atoms with E-state index in [1.807, 2.05) is 0 Å². The summed E-state index contributed by atoms with van der Waals surface area (Å²) in [6.45, 7) is 2.98. The van der Waals surface area contributed by atoms with E-state index in [1.54, 1.807) is 11.8 Å². The number of carbonyl (C=O) groups excluding carboxylic acids is 1. The van der Waals surface area contributed by atoms with Crippen molar-refractivity contribution < 1.29 is 9.90 Å². The van der Waals surface area contributed by atoms with Gasteiger partial charge in [0.1, 0.15) is 5.56 Å². The Morgan fingerprint density at radius 2 is 2.17 bits per heavy atom. The van der Waals surface area contributed by atoms with Crippen molar-refractivity contribution in [3.8, 4) is 0 Å². The molecule has 1 unspecified atom stereocenters. The first-order chi connectivity index (χ1) is 8.59. The van der Waals surface area contributed by atoms with Crippen LogP contribution in [0.15, 0.2) is 23.3 Å². The summed E-state index contributed by atoms with van der Waals surface area (Å²) in [5, 5.41) is 9.50. The van der Waals surface area contributed by atoms with Gasteiger partial charge in [0.25, 0.3) is 5.91 Å².